The SMILES string of the molecule is COc1cc(C2/C(=C(\O)c3c(C)nc4ccccn34)C(=O)C(=O)N2c2nnc(SCc3ccc(Cl)cc3Cl)s2)ccc1OCCC(C)C. The topological polar surface area (TPSA) is 119 Å². The number of amides is 1. The predicted octanol–water partition coefficient (Wildman–Crippen LogP) is 8.15. The summed E-state index contributed by atoms with van der Waals surface area (Å²) in [6.07, 6.45) is 2.59. The van der Waals surface area contributed by atoms with Crippen molar-refractivity contribution in [1.82, 2.24) is 19.6 Å². The molecule has 1 aliphatic rings. The third-order valence-electron chi connectivity index (χ3n) is 7.80. The Morgan fingerprint density at radius 3 is 2.65 bits per heavy atom. The van der Waals surface area contributed by atoms with Gasteiger partial charge in [-0.15, -0.1) is 10.2 Å². The first kappa shape index (κ1) is 33.8. The summed E-state index contributed by atoms with van der Waals surface area (Å²) in [4.78, 5) is 33.6. The van der Waals surface area contributed by atoms with Gasteiger partial charge in [0.2, 0.25) is 5.13 Å². The van der Waals surface area contributed by atoms with Crippen LogP contribution in [0, 0.1) is 12.8 Å². The summed E-state index contributed by atoms with van der Waals surface area (Å²) in [5.41, 5.74) is 2.63. The second-order valence-electron chi connectivity index (χ2n) is 11.5. The van der Waals surface area contributed by atoms with Crippen molar-refractivity contribution < 1.29 is 24.2 Å². The van der Waals surface area contributed by atoms with E-state index in [1.807, 2.05) is 12.1 Å². The molecule has 4 heterocycles. The molecule has 1 N–H and O–H groups in total. The van der Waals surface area contributed by atoms with Gasteiger partial charge in [-0.2, -0.15) is 0 Å². The summed E-state index contributed by atoms with van der Waals surface area (Å²) < 4.78 is 13.9. The fourth-order valence-corrected chi connectivity index (χ4v) is 7.81. The van der Waals surface area contributed by atoms with Crippen LogP contribution < -0.4 is 14.4 Å². The lowest BCUT2D eigenvalue weighted by molar-refractivity contribution is -0.132. The minimum absolute atomic E-state index is 0.110. The number of pyridine rings is 1. The molecule has 3 aromatic heterocycles. The van der Waals surface area contributed by atoms with Gasteiger partial charge >= 0.3 is 5.91 Å². The maximum absolute atomic E-state index is 13.9. The zero-order valence-corrected chi connectivity index (χ0v) is 29.6. The predicted molar refractivity (Wildman–Crippen MR) is 189 cm³/mol. The maximum atomic E-state index is 13.9. The van der Waals surface area contributed by atoms with Crippen molar-refractivity contribution in [3.63, 3.8) is 0 Å². The highest BCUT2D eigenvalue weighted by Crippen LogP contribution is 2.46. The number of nitrogens with zero attached hydrogens (tertiary/aromatic N) is 5. The molecule has 0 aliphatic carbocycles. The number of rotatable bonds is 11. The Hall–Kier alpha value is -4.10. The highest BCUT2D eigenvalue weighted by atomic mass is 35.5. The molecule has 1 aliphatic heterocycles. The summed E-state index contributed by atoms with van der Waals surface area (Å²) >= 11 is 14.9. The largest absolute Gasteiger partial charge is 0.505 e. The van der Waals surface area contributed by atoms with Gasteiger partial charge in [-0.05, 0) is 66.8 Å². The van der Waals surface area contributed by atoms with Crippen LogP contribution in [0.4, 0.5) is 5.13 Å². The summed E-state index contributed by atoms with van der Waals surface area (Å²) in [6, 6.07) is 14.8. The molecule has 5 aromatic rings. The number of fused-ring (bicyclic) bond motifs is 1. The highest BCUT2D eigenvalue weighted by Gasteiger charge is 2.49. The maximum Gasteiger partial charge on any atom is 0.301 e. The van der Waals surface area contributed by atoms with Crippen LogP contribution in [0.25, 0.3) is 11.4 Å². The third kappa shape index (κ3) is 6.62. The van der Waals surface area contributed by atoms with Gasteiger partial charge in [0.05, 0.1) is 31.0 Å². The van der Waals surface area contributed by atoms with Crippen molar-refractivity contribution in [3.05, 3.63) is 98.9 Å². The molecule has 48 heavy (non-hydrogen) atoms. The van der Waals surface area contributed by atoms with E-state index in [-0.39, 0.29) is 16.5 Å². The average molecular weight is 725 g/mol. The first-order valence-corrected chi connectivity index (χ1v) is 17.6. The van der Waals surface area contributed by atoms with E-state index in [9.17, 15) is 14.7 Å². The number of imidazole rings is 1. The molecule has 0 bridgehead atoms. The number of benzene rings is 2. The van der Waals surface area contributed by atoms with Gasteiger partial charge in [0, 0.05) is 22.0 Å². The number of carbonyl (C=O) groups excluding carboxylic acids is 2. The Labute approximate surface area is 295 Å². The Morgan fingerprint density at radius 1 is 1.08 bits per heavy atom. The molecular formula is C34H31Cl2N5O5S2. The summed E-state index contributed by atoms with van der Waals surface area (Å²) in [7, 11) is 1.52. The van der Waals surface area contributed by atoms with E-state index in [1.165, 1.54) is 23.8 Å². The molecule has 1 saturated heterocycles. The molecule has 0 saturated carbocycles. The number of ether oxygens (including phenoxy) is 2. The van der Waals surface area contributed by atoms with Gasteiger partial charge in [-0.3, -0.25) is 18.9 Å². The Balaban J connectivity index is 1.43. The van der Waals surface area contributed by atoms with Crippen LogP contribution in [0.2, 0.25) is 10.0 Å². The zero-order chi connectivity index (χ0) is 34.1. The fraction of sp³-hybridized carbons (Fsp3) is 0.265. The van der Waals surface area contributed by atoms with E-state index < -0.39 is 17.7 Å². The standard InChI is InChI=1S/C34H31Cl2N5O5S2/c1-18(2)12-14-46-24-11-9-20(15-25(24)45-4)29-27(30(42)28-19(3)37-26-7-5-6-13-40(26)28)31(43)32(44)41(29)33-38-39-34(48-33)47-17-21-8-10-22(35)16-23(21)36/h5-11,13,15-16,18,29,42H,12,14,17H2,1-4H3/b30-27+. The number of Topliss-reactive ketones (excluding diaryl/α,β-unsaturated/α-hetero) is 1. The number of methoxy groups -OCH3 is 1. The number of anilines is 1. The summed E-state index contributed by atoms with van der Waals surface area (Å²) in [5.74, 6) is -0.196. The summed E-state index contributed by atoms with van der Waals surface area (Å²) in [5, 5.41) is 21.8. The molecule has 2 aromatic carbocycles. The molecule has 6 rings (SSSR count). The lowest BCUT2D eigenvalue weighted by Crippen LogP contribution is -2.29. The van der Waals surface area contributed by atoms with Crippen molar-refractivity contribution in [2.45, 2.75) is 43.3 Å². The van der Waals surface area contributed by atoms with Gasteiger partial charge < -0.3 is 14.6 Å². The molecule has 0 radical (unpaired) electrons. The average Bonchev–Trinajstić information content (AvgIpc) is 3.73. The molecule has 1 unspecified atom stereocenters. The van der Waals surface area contributed by atoms with E-state index in [0.717, 1.165) is 23.3 Å². The van der Waals surface area contributed by atoms with Crippen LogP contribution in [0.5, 0.6) is 11.5 Å². The van der Waals surface area contributed by atoms with Crippen molar-refractivity contribution in [3.8, 4) is 11.5 Å². The number of hydrogen-bond acceptors (Lipinski definition) is 10. The third-order valence-corrected chi connectivity index (χ3v) is 10.5. The van der Waals surface area contributed by atoms with Gasteiger partial charge in [-0.25, -0.2) is 4.98 Å². The van der Waals surface area contributed by atoms with E-state index >= 15 is 0 Å². The van der Waals surface area contributed by atoms with Gasteiger partial charge in [-0.1, -0.05) is 78.3 Å². The smallest absolute Gasteiger partial charge is 0.301 e. The molecule has 14 heteroatoms. The number of ketones is 1. The zero-order valence-electron chi connectivity index (χ0n) is 26.4. The number of aryl methyl sites for hydroxylation is 1. The van der Waals surface area contributed by atoms with E-state index in [4.69, 9.17) is 32.7 Å². The molecular weight excluding hydrogens is 693 g/mol. The minimum Gasteiger partial charge on any atom is -0.505 e. The fourth-order valence-electron chi connectivity index (χ4n) is 5.39. The molecule has 248 valence electrons. The molecule has 1 fully saturated rings. The highest BCUT2D eigenvalue weighted by molar-refractivity contribution is 8.00. The number of hydrogen-bond donors (Lipinski definition) is 1. The normalized spacial score (nSPS) is 16.0. The minimum atomic E-state index is -1.06. The van der Waals surface area contributed by atoms with Crippen LogP contribution in [0.15, 0.2) is 70.7 Å². The number of halogens is 2. The quantitative estimate of drug-likeness (QED) is 0.0473. The molecule has 10 nitrogen and oxygen atoms in total. The molecule has 0 spiro atoms. The van der Waals surface area contributed by atoms with Crippen LogP contribution >= 0.6 is 46.3 Å². The molecule has 1 atom stereocenters. The van der Waals surface area contributed by atoms with Gasteiger partial charge in [0.25, 0.3) is 5.78 Å². The van der Waals surface area contributed by atoms with Crippen molar-refractivity contribution in [2.24, 2.45) is 5.92 Å². The van der Waals surface area contributed by atoms with E-state index in [0.29, 0.717) is 66.8 Å². The Kier molecular flexibility index (Phi) is 9.98. The van der Waals surface area contributed by atoms with E-state index in [2.05, 4.69) is 29.0 Å². The summed E-state index contributed by atoms with van der Waals surface area (Å²) in [6.45, 7) is 6.46. The lowest BCUT2D eigenvalue weighted by atomic mass is 9.96. The number of aliphatic hydroxyl groups excluding tert-OH is 1. The number of aromatic nitrogens is 4. The number of carbonyl (C=O) groups is 2. The van der Waals surface area contributed by atoms with Crippen molar-refractivity contribution in [2.75, 3.05) is 18.6 Å². The molecule has 1 amide bonds. The van der Waals surface area contributed by atoms with Crippen LogP contribution in [-0.2, 0) is 15.3 Å². The number of thioether (sulfide) groups is 1. The van der Waals surface area contributed by atoms with Crippen LogP contribution in [-0.4, -0.2) is 50.1 Å². The van der Waals surface area contributed by atoms with Crippen LogP contribution in [0.1, 0.15) is 48.8 Å². The first-order chi connectivity index (χ1) is 23.1. The van der Waals surface area contributed by atoms with Crippen molar-refractivity contribution >= 4 is 74.5 Å². The van der Waals surface area contributed by atoms with Crippen molar-refractivity contribution in [1.29, 1.82) is 0 Å². The van der Waals surface area contributed by atoms with E-state index in [1.54, 1.807) is 60.0 Å². The second kappa shape index (κ2) is 14.2. The lowest BCUT2D eigenvalue weighted by Gasteiger charge is -2.23. The Morgan fingerprint density at radius 2 is 1.90 bits per heavy atom. The first-order valence-electron chi connectivity index (χ1n) is 15.0. The Bertz CT molecular complexity index is 2060. The number of aliphatic hydroxyl groups is 1. The second-order valence-corrected chi connectivity index (χ2v) is 14.5. The monoisotopic (exact) mass is 723 g/mol. The van der Waals surface area contributed by atoms with Gasteiger partial charge in [0.15, 0.2) is 21.6 Å². The van der Waals surface area contributed by atoms with Gasteiger partial charge in [0.1, 0.15) is 11.3 Å². The van der Waals surface area contributed by atoms with Crippen LogP contribution in [0.3, 0.4) is 0 Å².